The molecule has 0 amide bonds. The van der Waals surface area contributed by atoms with E-state index in [1.807, 2.05) is 29.8 Å². The maximum Gasteiger partial charge on any atom is 0.131 e. The molecular formula is C23H28ClN3O. The van der Waals surface area contributed by atoms with Crippen molar-refractivity contribution in [2.24, 2.45) is 5.92 Å². The van der Waals surface area contributed by atoms with Crippen molar-refractivity contribution < 1.29 is 4.74 Å². The monoisotopic (exact) mass is 397 g/mol. The van der Waals surface area contributed by atoms with Gasteiger partial charge in [-0.25, -0.2) is 0 Å². The Bertz CT molecular complexity index is 888. The van der Waals surface area contributed by atoms with Crippen LogP contribution in [0.25, 0.3) is 0 Å². The van der Waals surface area contributed by atoms with Crippen LogP contribution >= 0.6 is 11.6 Å². The Morgan fingerprint density at radius 1 is 1.04 bits per heavy atom. The summed E-state index contributed by atoms with van der Waals surface area (Å²) in [6.07, 6.45) is 0. The summed E-state index contributed by atoms with van der Waals surface area (Å²) in [6.45, 7) is 7.82. The van der Waals surface area contributed by atoms with Gasteiger partial charge in [0.2, 0.25) is 0 Å². The molecule has 0 saturated heterocycles. The van der Waals surface area contributed by atoms with Crippen LogP contribution in [0, 0.1) is 12.8 Å². The van der Waals surface area contributed by atoms with Crippen LogP contribution in [-0.4, -0.2) is 16.9 Å². The van der Waals surface area contributed by atoms with Crippen LogP contribution < -0.4 is 10.1 Å². The van der Waals surface area contributed by atoms with Crippen LogP contribution in [0.5, 0.6) is 5.75 Å². The number of nitrogens with zero attached hydrogens (tertiary/aromatic N) is 2. The fourth-order valence-electron chi connectivity index (χ4n) is 3.33. The Balaban J connectivity index is 1.85. The smallest absolute Gasteiger partial charge is 0.131 e. The Morgan fingerprint density at radius 2 is 1.68 bits per heavy atom. The van der Waals surface area contributed by atoms with Gasteiger partial charge in [-0.2, -0.15) is 5.10 Å². The first-order valence-corrected chi connectivity index (χ1v) is 10.0. The predicted octanol–water partition coefficient (Wildman–Crippen LogP) is 5.39. The molecule has 3 aromatic rings. The van der Waals surface area contributed by atoms with Gasteiger partial charge in [-0.1, -0.05) is 67.9 Å². The van der Waals surface area contributed by atoms with Crippen LogP contribution in [0.4, 0.5) is 0 Å². The lowest BCUT2D eigenvalue weighted by Crippen LogP contribution is -2.22. The van der Waals surface area contributed by atoms with Gasteiger partial charge in [-0.05, 0) is 36.1 Å². The average Bonchev–Trinajstić information content (AvgIpc) is 2.96. The lowest BCUT2D eigenvalue weighted by molar-refractivity contribution is 0.414. The normalized spacial score (nSPS) is 12.4. The van der Waals surface area contributed by atoms with E-state index in [2.05, 4.69) is 60.7 Å². The summed E-state index contributed by atoms with van der Waals surface area (Å²) >= 11 is 6.63. The van der Waals surface area contributed by atoms with E-state index in [0.29, 0.717) is 12.5 Å². The Labute approximate surface area is 172 Å². The average molecular weight is 398 g/mol. The highest BCUT2D eigenvalue weighted by Crippen LogP contribution is 2.26. The first kappa shape index (κ1) is 20.4. The van der Waals surface area contributed by atoms with Crippen molar-refractivity contribution in [2.45, 2.75) is 39.9 Å². The molecule has 1 unspecified atom stereocenters. The zero-order chi connectivity index (χ0) is 20.1. The van der Waals surface area contributed by atoms with E-state index >= 15 is 0 Å². The number of benzene rings is 2. The zero-order valence-corrected chi connectivity index (χ0v) is 17.7. The fraction of sp³-hybridized carbons (Fsp3) is 0.348. The predicted molar refractivity (Wildman–Crippen MR) is 115 cm³/mol. The highest BCUT2D eigenvalue weighted by molar-refractivity contribution is 6.30. The molecule has 0 spiro atoms. The van der Waals surface area contributed by atoms with Gasteiger partial charge < -0.3 is 10.1 Å². The summed E-state index contributed by atoms with van der Waals surface area (Å²) in [5.74, 6) is 1.35. The summed E-state index contributed by atoms with van der Waals surface area (Å²) in [4.78, 5) is 0. The third-order valence-electron chi connectivity index (χ3n) is 4.79. The second kappa shape index (κ2) is 9.26. The highest BCUT2D eigenvalue weighted by atomic mass is 35.5. The zero-order valence-electron chi connectivity index (χ0n) is 16.9. The lowest BCUT2D eigenvalue weighted by Gasteiger charge is -2.20. The van der Waals surface area contributed by atoms with Crippen molar-refractivity contribution in [3.63, 3.8) is 0 Å². The number of aromatic nitrogens is 2. The van der Waals surface area contributed by atoms with Crippen LogP contribution in [0.3, 0.4) is 0 Å². The third-order valence-corrected chi connectivity index (χ3v) is 5.21. The van der Waals surface area contributed by atoms with Crippen molar-refractivity contribution >= 4 is 11.6 Å². The largest absolute Gasteiger partial charge is 0.497 e. The summed E-state index contributed by atoms with van der Waals surface area (Å²) in [5.41, 5.74) is 4.41. The van der Waals surface area contributed by atoms with Gasteiger partial charge in [0.1, 0.15) is 10.9 Å². The summed E-state index contributed by atoms with van der Waals surface area (Å²) in [6, 6.07) is 18.7. The highest BCUT2D eigenvalue weighted by Gasteiger charge is 2.18. The molecule has 1 atom stereocenters. The minimum atomic E-state index is 0.0519. The number of rotatable bonds is 8. The first-order valence-electron chi connectivity index (χ1n) is 9.63. The minimum absolute atomic E-state index is 0.0519. The molecule has 4 nitrogen and oxygen atoms in total. The van der Waals surface area contributed by atoms with E-state index in [-0.39, 0.29) is 6.04 Å². The van der Waals surface area contributed by atoms with Gasteiger partial charge in [0, 0.05) is 18.7 Å². The van der Waals surface area contributed by atoms with Crippen LogP contribution in [0.15, 0.2) is 54.6 Å². The molecule has 0 aliphatic heterocycles. The SMILES string of the molecule is COc1ccc(C(NCc2c(C)nn(CC(C)C)c2Cl)c2ccccc2)cc1. The number of ether oxygens (including phenoxy) is 1. The Hall–Kier alpha value is -2.30. The van der Waals surface area contributed by atoms with Gasteiger partial charge >= 0.3 is 0 Å². The molecule has 0 fully saturated rings. The molecule has 28 heavy (non-hydrogen) atoms. The minimum Gasteiger partial charge on any atom is -0.497 e. The molecule has 3 rings (SSSR count). The second-order valence-corrected chi connectivity index (χ2v) is 7.79. The van der Waals surface area contributed by atoms with Crippen LogP contribution in [0.2, 0.25) is 5.15 Å². The van der Waals surface area contributed by atoms with E-state index in [0.717, 1.165) is 28.7 Å². The topological polar surface area (TPSA) is 39.1 Å². The van der Waals surface area contributed by atoms with E-state index in [9.17, 15) is 0 Å². The number of hydrogen-bond acceptors (Lipinski definition) is 3. The number of hydrogen-bond donors (Lipinski definition) is 1. The number of nitrogens with one attached hydrogen (secondary N) is 1. The molecule has 148 valence electrons. The van der Waals surface area contributed by atoms with Crippen molar-refractivity contribution in [1.82, 2.24) is 15.1 Å². The molecule has 1 heterocycles. The van der Waals surface area contributed by atoms with Gasteiger partial charge in [-0.3, -0.25) is 4.68 Å². The summed E-state index contributed by atoms with van der Waals surface area (Å²) in [5, 5.41) is 9.02. The van der Waals surface area contributed by atoms with Gasteiger partial charge in [-0.15, -0.1) is 0 Å². The lowest BCUT2D eigenvalue weighted by atomic mass is 9.98. The molecule has 1 aromatic heterocycles. The maximum atomic E-state index is 6.63. The number of methoxy groups -OCH3 is 1. The Kier molecular flexibility index (Phi) is 6.76. The van der Waals surface area contributed by atoms with Crippen LogP contribution in [0.1, 0.15) is 42.3 Å². The van der Waals surface area contributed by atoms with Gasteiger partial charge in [0.15, 0.2) is 0 Å². The molecule has 0 aliphatic carbocycles. The Morgan fingerprint density at radius 3 is 2.29 bits per heavy atom. The quantitative estimate of drug-likeness (QED) is 0.554. The van der Waals surface area contributed by atoms with Gasteiger partial charge in [0.25, 0.3) is 0 Å². The molecule has 5 heteroatoms. The second-order valence-electron chi connectivity index (χ2n) is 7.43. The van der Waals surface area contributed by atoms with Crippen molar-refractivity contribution in [1.29, 1.82) is 0 Å². The van der Waals surface area contributed by atoms with E-state index in [4.69, 9.17) is 16.3 Å². The molecule has 1 N–H and O–H groups in total. The van der Waals surface area contributed by atoms with E-state index < -0.39 is 0 Å². The molecule has 0 aliphatic rings. The van der Waals surface area contributed by atoms with Crippen molar-refractivity contribution in [3.05, 3.63) is 82.1 Å². The van der Waals surface area contributed by atoms with E-state index in [1.165, 1.54) is 11.1 Å². The standard InChI is InChI=1S/C23H28ClN3O/c1-16(2)15-27-23(24)21(17(3)26-27)14-25-22(18-8-6-5-7-9-18)19-10-12-20(28-4)13-11-19/h5-13,16,22,25H,14-15H2,1-4H3. The molecule has 2 aromatic carbocycles. The number of halogens is 1. The van der Waals surface area contributed by atoms with Crippen molar-refractivity contribution in [2.75, 3.05) is 7.11 Å². The van der Waals surface area contributed by atoms with E-state index in [1.54, 1.807) is 7.11 Å². The fourth-order valence-corrected chi connectivity index (χ4v) is 3.64. The summed E-state index contributed by atoms with van der Waals surface area (Å²) in [7, 11) is 1.68. The maximum absolute atomic E-state index is 6.63. The molecule has 0 saturated carbocycles. The summed E-state index contributed by atoms with van der Waals surface area (Å²) < 4.78 is 7.21. The number of aryl methyl sites for hydroxylation is 1. The molecular weight excluding hydrogens is 370 g/mol. The molecule has 0 radical (unpaired) electrons. The van der Waals surface area contributed by atoms with Crippen molar-refractivity contribution in [3.8, 4) is 5.75 Å². The van der Waals surface area contributed by atoms with Gasteiger partial charge in [0.05, 0.1) is 18.8 Å². The first-order chi connectivity index (χ1) is 13.5. The van der Waals surface area contributed by atoms with Crippen LogP contribution in [-0.2, 0) is 13.1 Å². The molecule has 0 bridgehead atoms. The third kappa shape index (κ3) is 4.75.